The Bertz CT molecular complexity index is 324. The number of aliphatic hydroxyl groups is 1. The van der Waals surface area contributed by atoms with Gasteiger partial charge in [0.15, 0.2) is 0 Å². The average Bonchev–Trinajstić information content (AvgIpc) is 2.62. The van der Waals surface area contributed by atoms with Crippen LogP contribution in [0.3, 0.4) is 0 Å². The first kappa shape index (κ1) is 11.6. The maximum atomic E-state index is 10.7. The predicted octanol–water partition coefficient (Wildman–Crippen LogP) is 2.83. The number of hydrogen-bond acceptors (Lipinski definition) is 2. The van der Waals surface area contributed by atoms with Crippen molar-refractivity contribution < 1.29 is 5.11 Å². The third-order valence-electron chi connectivity index (χ3n) is 3.53. The molecule has 3 nitrogen and oxygen atoms in total. The van der Waals surface area contributed by atoms with Gasteiger partial charge >= 0.3 is 0 Å². The lowest BCUT2D eigenvalue weighted by molar-refractivity contribution is 0.00842. The van der Waals surface area contributed by atoms with Crippen LogP contribution in [0, 0.1) is 0 Å². The number of hydrogen-bond donors (Lipinski definition) is 1. The predicted molar refractivity (Wildman–Crippen MR) is 64.1 cm³/mol. The number of imidazole rings is 1. The van der Waals surface area contributed by atoms with Crippen LogP contribution < -0.4 is 0 Å². The molecule has 1 heterocycles. The third kappa shape index (κ3) is 2.29. The van der Waals surface area contributed by atoms with Crippen molar-refractivity contribution in [2.75, 3.05) is 0 Å². The Kier molecular flexibility index (Phi) is 3.64. The van der Waals surface area contributed by atoms with Crippen LogP contribution in [0.2, 0.25) is 0 Å². The zero-order chi connectivity index (χ0) is 11.4. The molecule has 0 bridgehead atoms. The van der Waals surface area contributed by atoms with E-state index in [0.29, 0.717) is 0 Å². The zero-order valence-electron chi connectivity index (χ0n) is 10.2. The van der Waals surface area contributed by atoms with Crippen molar-refractivity contribution in [3.63, 3.8) is 0 Å². The second-order valence-electron chi connectivity index (χ2n) is 4.89. The molecule has 90 valence electrons. The van der Waals surface area contributed by atoms with Crippen LogP contribution in [-0.2, 0) is 12.1 Å². The number of rotatable bonds is 3. The van der Waals surface area contributed by atoms with Gasteiger partial charge in [-0.1, -0.05) is 32.6 Å². The van der Waals surface area contributed by atoms with Gasteiger partial charge in [0.25, 0.3) is 0 Å². The van der Waals surface area contributed by atoms with Crippen molar-refractivity contribution in [3.05, 3.63) is 18.2 Å². The average molecular weight is 222 g/mol. The molecule has 0 saturated heterocycles. The van der Waals surface area contributed by atoms with E-state index in [1.165, 1.54) is 12.8 Å². The molecule has 3 heteroatoms. The van der Waals surface area contributed by atoms with Gasteiger partial charge in [-0.3, -0.25) is 0 Å². The van der Waals surface area contributed by atoms with Gasteiger partial charge in [0.2, 0.25) is 0 Å². The molecule has 0 amide bonds. The Balaban J connectivity index is 2.22. The standard InChI is InChI=1S/C13H22N2O/c1-2-10-15-11-9-14-12(15)13(16)7-5-3-4-6-8-13/h9,11,16H,2-8,10H2,1H3. The van der Waals surface area contributed by atoms with Gasteiger partial charge in [-0.05, 0) is 19.3 Å². The fourth-order valence-electron chi connectivity index (χ4n) is 2.68. The molecule has 1 fully saturated rings. The van der Waals surface area contributed by atoms with E-state index in [9.17, 15) is 5.11 Å². The summed E-state index contributed by atoms with van der Waals surface area (Å²) in [5, 5.41) is 10.7. The number of nitrogens with zero attached hydrogens (tertiary/aromatic N) is 2. The highest BCUT2D eigenvalue weighted by atomic mass is 16.3. The second kappa shape index (κ2) is 5.00. The molecule has 2 rings (SSSR count). The number of aryl methyl sites for hydroxylation is 1. The van der Waals surface area contributed by atoms with Gasteiger partial charge in [0, 0.05) is 18.9 Å². The molecule has 1 aromatic rings. The fourth-order valence-corrected chi connectivity index (χ4v) is 2.68. The summed E-state index contributed by atoms with van der Waals surface area (Å²) in [5.41, 5.74) is -0.671. The molecule has 0 radical (unpaired) electrons. The molecule has 16 heavy (non-hydrogen) atoms. The van der Waals surface area contributed by atoms with Crippen molar-refractivity contribution in [1.82, 2.24) is 9.55 Å². The summed E-state index contributed by atoms with van der Waals surface area (Å²) in [6.07, 6.45) is 11.4. The molecule has 1 aromatic heterocycles. The van der Waals surface area contributed by atoms with E-state index in [4.69, 9.17) is 0 Å². The van der Waals surface area contributed by atoms with Crippen molar-refractivity contribution in [2.24, 2.45) is 0 Å². The Morgan fingerprint density at radius 1 is 1.31 bits per heavy atom. The normalized spacial score (nSPS) is 20.6. The van der Waals surface area contributed by atoms with Crippen LogP contribution in [0.1, 0.15) is 57.7 Å². The maximum absolute atomic E-state index is 10.7. The largest absolute Gasteiger partial charge is 0.382 e. The molecule has 0 unspecified atom stereocenters. The molecule has 1 N–H and O–H groups in total. The molecular formula is C13H22N2O. The van der Waals surface area contributed by atoms with Gasteiger partial charge in [0.1, 0.15) is 11.4 Å². The molecule has 0 atom stereocenters. The topological polar surface area (TPSA) is 38.0 Å². The molecule has 1 aliphatic carbocycles. The van der Waals surface area contributed by atoms with E-state index in [0.717, 1.165) is 44.5 Å². The van der Waals surface area contributed by atoms with Gasteiger partial charge in [-0.25, -0.2) is 4.98 Å². The smallest absolute Gasteiger partial charge is 0.140 e. The first-order valence-corrected chi connectivity index (χ1v) is 6.50. The second-order valence-corrected chi connectivity index (χ2v) is 4.89. The van der Waals surface area contributed by atoms with Crippen LogP contribution in [0.5, 0.6) is 0 Å². The van der Waals surface area contributed by atoms with Crippen LogP contribution in [0.25, 0.3) is 0 Å². The van der Waals surface area contributed by atoms with Crippen LogP contribution in [0.4, 0.5) is 0 Å². The first-order chi connectivity index (χ1) is 7.76. The summed E-state index contributed by atoms with van der Waals surface area (Å²) in [7, 11) is 0. The van der Waals surface area contributed by atoms with Crippen LogP contribution in [-0.4, -0.2) is 14.7 Å². The quantitative estimate of drug-likeness (QED) is 0.799. The highest BCUT2D eigenvalue weighted by Crippen LogP contribution is 2.34. The van der Waals surface area contributed by atoms with Gasteiger partial charge in [0.05, 0.1) is 0 Å². The van der Waals surface area contributed by atoms with Crippen molar-refractivity contribution in [1.29, 1.82) is 0 Å². The summed E-state index contributed by atoms with van der Waals surface area (Å²) in [5.74, 6) is 0.885. The van der Waals surface area contributed by atoms with Gasteiger partial charge in [-0.15, -0.1) is 0 Å². The lowest BCUT2D eigenvalue weighted by Gasteiger charge is -2.26. The molecule has 0 aliphatic heterocycles. The lowest BCUT2D eigenvalue weighted by Crippen LogP contribution is -2.29. The minimum absolute atomic E-state index is 0.671. The summed E-state index contributed by atoms with van der Waals surface area (Å²) >= 11 is 0. The maximum Gasteiger partial charge on any atom is 0.140 e. The van der Waals surface area contributed by atoms with E-state index < -0.39 is 5.60 Å². The molecule has 1 saturated carbocycles. The highest BCUT2D eigenvalue weighted by molar-refractivity contribution is 5.05. The fraction of sp³-hybridized carbons (Fsp3) is 0.769. The molecule has 0 aromatic carbocycles. The zero-order valence-corrected chi connectivity index (χ0v) is 10.2. The van der Waals surface area contributed by atoms with E-state index in [1.807, 2.05) is 12.4 Å². The van der Waals surface area contributed by atoms with E-state index in [1.54, 1.807) is 0 Å². The molecule has 1 aliphatic rings. The van der Waals surface area contributed by atoms with Crippen LogP contribution >= 0.6 is 0 Å². The summed E-state index contributed by atoms with van der Waals surface area (Å²) < 4.78 is 2.12. The minimum Gasteiger partial charge on any atom is -0.382 e. The monoisotopic (exact) mass is 222 g/mol. The molecule has 0 spiro atoms. The Morgan fingerprint density at radius 3 is 2.62 bits per heavy atom. The van der Waals surface area contributed by atoms with E-state index >= 15 is 0 Å². The summed E-state index contributed by atoms with van der Waals surface area (Å²) in [4.78, 5) is 4.38. The third-order valence-corrected chi connectivity index (χ3v) is 3.53. The van der Waals surface area contributed by atoms with Gasteiger partial charge < -0.3 is 9.67 Å². The molecular weight excluding hydrogens is 200 g/mol. The Hall–Kier alpha value is -0.830. The number of aromatic nitrogens is 2. The summed E-state index contributed by atoms with van der Waals surface area (Å²) in [6, 6.07) is 0. The van der Waals surface area contributed by atoms with Crippen molar-refractivity contribution in [2.45, 2.75) is 64.0 Å². The Labute approximate surface area is 97.5 Å². The van der Waals surface area contributed by atoms with E-state index in [2.05, 4.69) is 16.5 Å². The first-order valence-electron chi connectivity index (χ1n) is 6.50. The highest BCUT2D eigenvalue weighted by Gasteiger charge is 2.33. The van der Waals surface area contributed by atoms with Gasteiger partial charge in [-0.2, -0.15) is 0 Å². The van der Waals surface area contributed by atoms with E-state index in [-0.39, 0.29) is 0 Å². The SMILES string of the molecule is CCCn1ccnc1C1(O)CCCCCC1. The van der Waals surface area contributed by atoms with Crippen molar-refractivity contribution in [3.8, 4) is 0 Å². The Morgan fingerprint density at radius 2 is 2.00 bits per heavy atom. The van der Waals surface area contributed by atoms with Crippen LogP contribution in [0.15, 0.2) is 12.4 Å². The summed E-state index contributed by atoms with van der Waals surface area (Å²) in [6.45, 7) is 3.11. The lowest BCUT2D eigenvalue weighted by atomic mass is 9.93. The van der Waals surface area contributed by atoms with Crippen molar-refractivity contribution >= 4 is 0 Å². The minimum atomic E-state index is -0.671.